The van der Waals surface area contributed by atoms with Crippen molar-refractivity contribution >= 4 is 40.0 Å². The number of aromatic amines is 1. The standard InChI is InChI=1S/C17H16N4O2S2/c1-9-3-4-11(24-2)6-12(9)16(23)21-17-20-14(8-25-17)10-5-13(15(18)22)19-7-10/h3-8,19H,1-2H3,(H2,18,22)(H,20,21,23). The first kappa shape index (κ1) is 17.2. The van der Waals surface area contributed by atoms with Crippen molar-refractivity contribution in [3.05, 3.63) is 52.7 Å². The van der Waals surface area contributed by atoms with E-state index in [4.69, 9.17) is 5.73 Å². The molecule has 0 unspecified atom stereocenters. The number of anilines is 1. The van der Waals surface area contributed by atoms with Crippen LogP contribution < -0.4 is 11.1 Å². The molecule has 0 radical (unpaired) electrons. The van der Waals surface area contributed by atoms with Gasteiger partial charge < -0.3 is 10.7 Å². The summed E-state index contributed by atoms with van der Waals surface area (Å²) in [7, 11) is 0. The number of hydrogen-bond donors (Lipinski definition) is 3. The lowest BCUT2D eigenvalue weighted by molar-refractivity contribution is 0.0993. The van der Waals surface area contributed by atoms with Crippen LogP contribution in [0, 0.1) is 6.92 Å². The van der Waals surface area contributed by atoms with Gasteiger partial charge in [-0.05, 0) is 36.9 Å². The maximum Gasteiger partial charge on any atom is 0.265 e. The Bertz CT molecular complexity index is 946. The Labute approximate surface area is 152 Å². The lowest BCUT2D eigenvalue weighted by Crippen LogP contribution is -2.13. The molecule has 0 fully saturated rings. The van der Waals surface area contributed by atoms with E-state index in [0.717, 1.165) is 16.0 Å². The molecular weight excluding hydrogens is 356 g/mol. The minimum atomic E-state index is -0.529. The number of thiazole rings is 1. The van der Waals surface area contributed by atoms with Crippen LogP contribution in [0.5, 0.6) is 0 Å². The predicted molar refractivity (Wildman–Crippen MR) is 101 cm³/mol. The highest BCUT2D eigenvalue weighted by atomic mass is 32.2. The topological polar surface area (TPSA) is 101 Å². The van der Waals surface area contributed by atoms with Crippen LogP contribution in [0.1, 0.15) is 26.4 Å². The molecule has 0 aliphatic carbocycles. The van der Waals surface area contributed by atoms with Gasteiger partial charge in [0.1, 0.15) is 5.69 Å². The summed E-state index contributed by atoms with van der Waals surface area (Å²) in [5.74, 6) is -0.722. The zero-order valence-electron chi connectivity index (χ0n) is 13.6. The number of H-pyrrole nitrogens is 1. The zero-order valence-corrected chi connectivity index (χ0v) is 15.3. The maximum atomic E-state index is 12.5. The van der Waals surface area contributed by atoms with Crippen LogP contribution in [-0.2, 0) is 0 Å². The number of thioether (sulfide) groups is 1. The van der Waals surface area contributed by atoms with Gasteiger partial charge in [-0.3, -0.25) is 14.9 Å². The lowest BCUT2D eigenvalue weighted by Gasteiger charge is -2.07. The van der Waals surface area contributed by atoms with Crippen LogP contribution in [0.25, 0.3) is 11.3 Å². The van der Waals surface area contributed by atoms with Crippen molar-refractivity contribution in [1.82, 2.24) is 9.97 Å². The number of aryl methyl sites for hydroxylation is 1. The van der Waals surface area contributed by atoms with Gasteiger partial charge in [-0.2, -0.15) is 0 Å². The van der Waals surface area contributed by atoms with Crippen molar-refractivity contribution in [1.29, 1.82) is 0 Å². The Morgan fingerprint density at radius 1 is 1.32 bits per heavy atom. The molecule has 6 nitrogen and oxygen atoms in total. The lowest BCUT2D eigenvalue weighted by atomic mass is 10.1. The van der Waals surface area contributed by atoms with Crippen molar-refractivity contribution in [3.8, 4) is 11.3 Å². The molecule has 3 rings (SSSR count). The molecule has 2 heterocycles. The van der Waals surface area contributed by atoms with E-state index in [0.29, 0.717) is 22.1 Å². The van der Waals surface area contributed by atoms with Crippen molar-refractivity contribution < 1.29 is 9.59 Å². The molecule has 0 saturated heterocycles. The number of hydrogen-bond acceptors (Lipinski definition) is 5. The highest BCUT2D eigenvalue weighted by molar-refractivity contribution is 7.98. The largest absolute Gasteiger partial charge is 0.364 e. The molecule has 128 valence electrons. The van der Waals surface area contributed by atoms with Gasteiger partial charge in [-0.25, -0.2) is 4.98 Å². The number of carbonyl (C=O) groups excluding carboxylic acids is 2. The molecule has 25 heavy (non-hydrogen) atoms. The molecule has 2 aromatic heterocycles. The SMILES string of the molecule is CSc1ccc(C)c(C(=O)Nc2nc(-c3c[nH]c(C(N)=O)c3)cs2)c1. The molecular formula is C17H16N4O2S2. The Hall–Kier alpha value is -2.58. The van der Waals surface area contributed by atoms with Crippen LogP contribution in [-0.4, -0.2) is 28.0 Å². The van der Waals surface area contributed by atoms with Gasteiger partial charge >= 0.3 is 0 Å². The predicted octanol–water partition coefficient (Wildman–Crippen LogP) is 3.52. The molecule has 2 amide bonds. The fraction of sp³-hybridized carbons (Fsp3) is 0.118. The van der Waals surface area contributed by atoms with E-state index in [2.05, 4.69) is 15.3 Å². The van der Waals surface area contributed by atoms with Crippen LogP contribution in [0.3, 0.4) is 0 Å². The molecule has 0 saturated carbocycles. The summed E-state index contributed by atoms with van der Waals surface area (Å²) in [5, 5.41) is 5.14. The normalized spacial score (nSPS) is 10.6. The minimum Gasteiger partial charge on any atom is -0.364 e. The zero-order chi connectivity index (χ0) is 18.0. The van der Waals surface area contributed by atoms with Crippen molar-refractivity contribution in [2.75, 3.05) is 11.6 Å². The maximum absolute atomic E-state index is 12.5. The second-order valence-electron chi connectivity index (χ2n) is 5.34. The molecule has 0 bridgehead atoms. The Morgan fingerprint density at radius 2 is 2.12 bits per heavy atom. The quantitative estimate of drug-likeness (QED) is 0.597. The van der Waals surface area contributed by atoms with Crippen LogP contribution >= 0.6 is 23.1 Å². The van der Waals surface area contributed by atoms with Gasteiger partial charge in [0.2, 0.25) is 0 Å². The van der Waals surface area contributed by atoms with Crippen molar-refractivity contribution in [2.24, 2.45) is 5.73 Å². The number of nitrogens with zero attached hydrogens (tertiary/aromatic N) is 1. The van der Waals surface area contributed by atoms with Crippen molar-refractivity contribution in [3.63, 3.8) is 0 Å². The van der Waals surface area contributed by atoms with Gasteiger partial charge in [-0.15, -0.1) is 23.1 Å². The molecule has 3 aromatic rings. The third-order valence-corrected chi connectivity index (χ3v) is 5.14. The highest BCUT2D eigenvalue weighted by Gasteiger charge is 2.14. The third kappa shape index (κ3) is 3.75. The molecule has 8 heteroatoms. The molecule has 0 aliphatic rings. The number of nitrogens with one attached hydrogen (secondary N) is 2. The Balaban J connectivity index is 1.79. The van der Waals surface area contributed by atoms with Gasteiger partial charge in [0.25, 0.3) is 11.8 Å². The molecule has 0 aliphatic heterocycles. The van der Waals surface area contributed by atoms with Crippen LogP contribution in [0.2, 0.25) is 0 Å². The van der Waals surface area contributed by atoms with Gasteiger partial charge in [-0.1, -0.05) is 6.07 Å². The van der Waals surface area contributed by atoms with Gasteiger partial charge in [0.15, 0.2) is 5.13 Å². The second kappa shape index (κ2) is 7.12. The number of benzene rings is 1. The number of aromatic nitrogens is 2. The number of primary amides is 1. The number of amides is 2. The van der Waals surface area contributed by atoms with Crippen LogP contribution in [0.15, 0.2) is 40.7 Å². The Morgan fingerprint density at radius 3 is 2.80 bits per heavy atom. The summed E-state index contributed by atoms with van der Waals surface area (Å²) in [6.07, 6.45) is 3.63. The Kier molecular flexibility index (Phi) is 4.91. The minimum absolute atomic E-state index is 0.193. The fourth-order valence-corrected chi connectivity index (χ4v) is 3.44. The fourth-order valence-electron chi connectivity index (χ4n) is 2.29. The molecule has 0 spiro atoms. The molecule has 1 aromatic carbocycles. The first-order valence-electron chi connectivity index (χ1n) is 7.38. The second-order valence-corrected chi connectivity index (χ2v) is 7.08. The molecule has 4 N–H and O–H groups in total. The van der Waals surface area contributed by atoms with E-state index in [9.17, 15) is 9.59 Å². The van der Waals surface area contributed by atoms with E-state index < -0.39 is 5.91 Å². The van der Waals surface area contributed by atoms with E-state index in [1.165, 1.54) is 11.3 Å². The van der Waals surface area contributed by atoms with E-state index in [1.807, 2.05) is 36.8 Å². The first-order chi connectivity index (χ1) is 12.0. The molecule has 0 atom stereocenters. The van der Waals surface area contributed by atoms with Gasteiger partial charge in [0.05, 0.1) is 5.69 Å². The summed E-state index contributed by atoms with van der Waals surface area (Å²) < 4.78 is 0. The van der Waals surface area contributed by atoms with E-state index >= 15 is 0 Å². The highest BCUT2D eigenvalue weighted by Crippen LogP contribution is 2.26. The van der Waals surface area contributed by atoms with E-state index in [1.54, 1.807) is 24.0 Å². The van der Waals surface area contributed by atoms with Gasteiger partial charge in [0, 0.05) is 27.6 Å². The smallest absolute Gasteiger partial charge is 0.265 e. The summed E-state index contributed by atoms with van der Waals surface area (Å²) >= 11 is 2.91. The third-order valence-electron chi connectivity index (χ3n) is 3.66. The summed E-state index contributed by atoms with van der Waals surface area (Å²) in [4.78, 5) is 31.9. The number of carbonyl (C=O) groups is 2. The number of nitrogens with two attached hydrogens (primary N) is 1. The average molecular weight is 372 g/mol. The summed E-state index contributed by atoms with van der Waals surface area (Å²) in [6.45, 7) is 1.90. The van der Waals surface area contributed by atoms with E-state index in [-0.39, 0.29) is 5.91 Å². The van der Waals surface area contributed by atoms with Crippen molar-refractivity contribution in [2.45, 2.75) is 11.8 Å². The van der Waals surface area contributed by atoms with Crippen LogP contribution in [0.4, 0.5) is 5.13 Å². The summed E-state index contributed by atoms with van der Waals surface area (Å²) in [5.41, 5.74) is 8.49. The first-order valence-corrected chi connectivity index (χ1v) is 9.48. The average Bonchev–Trinajstić information content (AvgIpc) is 3.24. The summed E-state index contributed by atoms with van der Waals surface area (Å²) in [6, 6.07) is 7.42. The monoisotopic (exact) mass is 372 g/mol. The number of rotatable bonds is 5.